The van der Waals surface area contributed by atoms with Crippen LogP contribution in [0.5, 0.6) is 5.75 Å². The molecule has 5 nitrogen and oxygen atoms in total. The Morgan fingerprint density at radius 2 is 2.37 bits per heavy atom. The van der Waals surface area contributed by atoms with Crippen molar-refractivity contribution in [2.45, 2.75) is 25.4 Å². The molecule has 0 saturated heterocycles. The largest absolute Gasteiger partial charge is 0.476 e. The second kappa shape index (κ2) is 4.49. The quantitative estimate of drug-likeness (QED) is 0.888. The van der Waals surface area contributed by atoms with Crippen molar-refractivity contribution in [3.63, 3.8) is 0 Å². The predicted molar refractivity (Wildman–Crippen MR) is 72.3 cm³/mol. The first kappa shape index (κ1) is 12.4. The number of anilines is 1. The second-order valence-electron chi connectivity index (χ2n) is 5.47. The van der Waals surface area contributed by atoms with Crippen LogP contribution in [-0.2, 0) is 4.79 Å². The molecule has 1 saturated carbocycles. The molecule has 1 aliphatic heterocycles. The number of hydrogen-bond donors (Lipinski definition) is 1. The van der Waals surface area contributed by atoms with E-state index >= 15 is 0 Å². The van der Waals surface area contributed by atoms with Crippen molar-refractivity contribution in [2.75, 3.05) is 25.5 Å². The Kier molecular flexibility index (Phi) is 2.93. The lowest BCUT2D eigenvalue weighted by Gasteiger charge is -2.48. The third-order valence-corrected chi connectivity index (χ3v) is 4.30. The molecule has 1 aliphatic carbocycles. The van der Waals surface area contributed by atoms with E-state index in [1.165, 1.54) is 6.42 Å². The summed E-state index contributed by atoms with van der Waals surface area (Å²) in [4.78, 5) is 18.4. The van der Waals surface area contributed by atoms with Crippen LogP contribution in [0.1, 0.15) is 19.3 Å². The number of carbonyl (C=O) groups excluding carboxylic acids is 1. The fourth-order valence-corrected chi connectivity index (χ4v) is 3.09. The Morgan fingerprint density at radius 1 is 1.58 bits per heavy atom. The van der Waals surface area contributed by atoms with Crippen molar-refractivity contribution >= 4 is 11.7 Å². The third-order valence-electron chi connectivity index (χ3n) is 4.30. The van der Waals surface area contributed by atoms with Gasteiger partial charge in [0, 0.05) is 25.2 Å². The van der Waals surface area contributed by atoms with Gasteiger partial charge in [-0.1, -0.05) is 6.42 Å². The first-order valence-electron chi connectivity index (χ1n) is 6.72. The van der Waals surface area contributed by atoms with E-state index in [0.29, 0.717) is 11.6 Å². The normalized spacial score (nSPS) is 24.4. The molecule has 1 N–H and O–H groups in total. The zero-order chi connectivity index (χ0) is 13.5. The summed E-state index contributed by atoms with van der Waals surface area (Å²) in [5.41, 5.74) is -0.0619. The zero-order valence-electron chi connectivity index (χ0n) is 11.3. The van der Waals surface area contributed by atoms with Crippen LogP contribution in [0.2, 0.25) is 0 Å². The fourth-order valence-electron chi connectivity index (χ4n) is 3.09. The Balaban J connectivity index is 1.95. The molecule has 2 heterocycles. The number of amides is 1. The molecule has 0 bridgehead atoms. The van der Waals surface area contributed by atoms with Crippen LogP contribution < -0.4 is 15.0 Å². The summed E-state index contributed by atoms with van der Waals surface area (Å²) in [7, 11) is 3.70. The summed E-state index contributed by atoms with van der Waals surface area (Å²) >= 11 is 0. The highest BCUT2D eigenvalue weighted by Crippen LogP contribution is 2.47. The summed E-state index contributed by atoms with van der Waals surface area (Å²) < 4.78 is 5.98. The molecule has 3 rings (SSSR count). The van der Waals surface area contributed by atoms with Gasteiger partial charge < -0.3 is 10.1 Å². The molecule has 2 aliphatic rings. The molecular formula is C14H19N3O2. The molecule has 5 heteroatoms. The monoisotopic (exact) mass is 261 g/mol. The maximum Gasteiger partial charge on any atom is 0.269 e. The number of pyridine rings is 1. The van der Waals surface area contributed by atoms with Crippen LogP contribution in [0.4, 0.5) is 5.82 Å². The van der Waals surface area contributed by atoms with Gasteiger partial charge in [0.15, 0.2) is 17.7 Å². The van der Waals surface area contributed by atoms with Crippen molar-refractivity contribution in [3.05, 3.63) is 18.3 Å². The number of aromatic nitrogens is 1. The van der Waals surface area contributed by atoms with Crippen molar-refractivity contribution in [1.82, 2.24) is 10.3 Å². The predicted octanol–water partition coefficient (Wildman–Crippen LogP) is 1.20. The first-order chi connectivity index (χ1) is 9.18. The molecular weight excluding hydrogens is 242 g/mol. The lowest BCUT2D eigenvalue weighted by Crippen LogP contribution is -2.59. The standard InChI is InChI=1S/C14H19N3O2/c1-15-9-14(6-4-7-14)11-13(18)17(2)12-10(19-11)5-3-8-16-12/h3,5,8,11,15H,4,6-7,9H2,1-2H3. The molecule has 1 atom stereocenters. The van der Waals surface area contributed by atoms with Gasteiger partial charge in [-0.25, -0.2) is 4.98 Å². The minimum absolute atomic E-state index is 0.0150. The maximum atomic E-state index is 12.5. The van der Waals surface area contributed by atoms with Gasteiger partial charge in [0.1, 0.15) is 0 Å². The third kappa shape index (κ3) is 1.80. The van der Waals surface area contributed by atoms with Gasteiger partial charge in [-0.3, -0.25) is 9.69 Å². The van der Waals surface area contributed by atoms with Crippen molar-refractivity contribution in [1.29, 1.82) is 0 Å². The second-order valence-corrected chi connectivity index (χ2v) is 5.47. The van der Waals surface area contributed by atoms with Crippen LogP contribution >= 0.6 is 0 Å². The van der Waals surface area contributed by atoms with Gasteiger partial charge in [-0.15, -0.1) is 0 Å². The van der Waals surface area contributed by atoms with Crippen LogP contribution in [0.25, 0.3) is 0 Å². The number of nitrogens with one attached hydrogen (secondary N) is 1. The average molecular weight is 261 g/mol. The molecule has 0 radical (unpaired) electrons. The van der Waals surface area contributed by atoms with Gasteiger partial charge in [0.05, 0.1) is 0 Å². The molecule has 0 spiro atoms. The highest BCUT2D eigenvalue weighted by atomic mass is 16.5. The SMILES string of the molecule is CNCC1(C2Oc3cccnc3N(C)C2=O)CCC1. The van der Waals surface area contributed by atoms with E-state index in [0.717, 1.165) is 19.4 Å². The molecule has 102 valence electrons. The summed E-state index contributed by atoms with van der Waals surface area (Å²) in [5.74, 6) is 1.33. The lowest BCUT2D eigenvalue weighted by molar-refractivity contribution is -0.137. The minimum atomic E-state index is -0.393. The molecule has 1 aromatic rings. The molecule has 1 unspecified atom stereocenters. The van der Waals surface area contributed by atoms with Crippen LogP contribution in [-0.4, -0.2) is 37.6 Å². The number of carbonyl (C=O) groups is 1. The lowest BCUT2D eigenvalue weighted by atomic mass is 9.64. The smallest absolute Gasteiger partial charge is 0.269 e. The summed E-state index contributed by atoms with van der Waals surface area (Å²) in [6, 6.07) is 3.72. The Bertz CT molecular complexity index is 499. The van der Waals surface area contributed by atoms with Gasteiger partial charge in [0.25, 0.3) is 5.91 Å². The van der Waals surface area contributed by atoms with Gasteiger partial charge in [0.2, 0.25) is 0 Å². The zero-order valence-corrected chi connectivity index (χ0v) is 11.3. The number of rotatable bonds is 3. The van der Waals surface area contributed by atoms with E-state index in [1.807, 2.05) is 19.2 Å². The average Bonchev–Trinajstić information content (AvgIpc) is 2.38. The summed E-state index contributed by atoms with van der Waals surface area (Å²) in [6.07, 6.45) is 4.52. The first-order valence-corrected chi connectivity index (χ1v) is 6.72. The van der Waals surface area contributed by atoms with E-state index < -0.39 is 6.10 Å². The highest BCUT2D eigenvalue weighted by molar-refractivity contribution is 5.99. The summed E-state index contributed by atoms with van der Waals surface area (Å²) in [5, 5.41) is 3.20. The maximum absolute atomic E-state index is 12.5. The highest BCUT2D eigenvalue weighted by Gasteiger charge is 2.51. The number of hydrogen-bond acceptors (Lipinski definition) is 4. The minimum Gasteiger partial charge on any atom is -0.476 e. The number of ether oxygens (including phenoxy) is 1. The van der Waals surface area contributed by atoms with E-state index in [2.05, 4.69) is 10.3 Å². The summed E-state index contributed by atoms with van der Waals surface area (Å²) in [6.45, 7) is 0.812. The Morgan fingerprint density at radius 3 is 3.00 bits per heavy atom. The van der Waals surface area contributed by atoms with Crippen molar-refractivity contribution in [2.24, 2.45) is 5.41 Å². The molecule has 0 aromatic carbocycles. The fraction of sp³-hybridized carbons (Fsp3) is 0.571. The van der Waals surface area contributed by atoms with Gasteiger partial charge in [-0.2, -0.15) is 0 Å². The van der Waals surface area contributed by atoms with Crippen molar-refractivity contribution in [3.8, 4) is 5.75 Å². The topological polar surface area (TPSA) is 54.5 Å². The van der Waals surface area contributed by atoms with Crippen molar-refractivity contribution < 1.29 is 9.53 Å². The van der Waals surface area contributed by atoms with Gasteiger partial charge >= 0.3 is 0 Å². The molecule has 19 heavy (non-hydrogen) atoms. The number of nitrogens with zero attached hydrogens (tertiary/aromatic N) is 2. The molecule has 1 amide bonds. The Hall–Kier alpha value is -1.62. The van der Waals surface area contributed by atoms with E-state index in [9.17, 15) is 4.79 Å². The van der Waals surface area contributed by atoms with E-state index in [1.54, 1.807) is 18.1 Å². The van der Waals surface area contributed by atoms with Crippen LogP contribution in [0, 0.1) is 5.41 Å². The number of likely N-dealkylation sites (N-methyl/N-ethyl adjacent to an activating group) is 1. The van der Waals surface area contributed by atoms with Crippen LogP contribution in [0.3, 0.4) is 0 Å². The Labute approximate surface area is 113 Å². The van der Waals surface area contributed by atoms with Gasteiger partial charge in [-0.05, 0) is 32.0 Å². The van der Waals surface area contributed by atoms with E-state index in [4.69, 9.17) is 4.74 Å². The van der Waals surface area contributed by atoms with E-state index in [-0.39, 0.29) is 11.3 Å². The van der Waals surface area contributed by atoms with Crippen LogP contribution in [0.15, 0.2) is 18.3 Å². The molecule has 1 aromatic heterocycles. The molecule has 1 fully saturated rings. The number of fused-ring (bicyclic) bond motifs is 1.